The van der Waals surface area contributed by atoms with Gasteiger partial charge in [-0.2, -0.15) is 5.26 Å². The Hall–Kier alpha value is -2.39. The third kappa shape index (κ3) is 2.04. The first-order valence-corrected chi connectivity index (χ1v) is 6.55. The number of nitrogens with zero attached hydrogens (tertiary/aromatic N) is 4. The van der Waals surface area contributed by atoms with Crippen LogP contribution in [0, 0.1) is 18.3 Å². The summed E-state index contributed by atoms with van der Waals surface area (Å²) in [6, 6.07) is 8.06. The number of nitriles is 1. The molecule has 0 bridgehead atoms. The molecule has 0 atom stereocenters. The summed E-state index contributed by atoms with van der Waals surface area (Å²) in [4.78, 5) is 9.23. The van der Waals surface area contributed by atoms with Gasteiger partial charge < -0.3 is 9.88 Å². The van der Waals surface area contributed by atoms with Gasteiger partial charge in [0.05, 0.1) is 17.2 Å². The van der Waals surface area contributed by atoms with E-state index < -0.39 is 0 Å². The van der Waals surface area contributed by atoms with E-state index in [-0.39, 0.29) is 0 Å². The molecule has 0 aliphatic carbocycles. The van der Waals surface area contributed by atoms with Crippen LogP contribution in [0.25, 0.3) is 11.0 Å². The molecule has 5 nitrogen and oxygen atoms in total. The van der Waals surface area contributed by atoms with Crippen LogP contribution in [-0.4, -0.2) is 14.5 Å². The molecule has 2 heterocycles. The summed E-state index contributed by atoms with van der Waals surface area (Å²) < 4.78 is 2.05. The Kier molecular flexibility index (Phi) is 2.69. The van der Waals surface area contributed by atoms with Gasteiger partial charge in [0, 0.05) is 12.7 Å². The van der Waals surface area contributed by atoms with E-state index in [4.69, 9.17) is 5.26 Å². The van der Waals surface area contributed by atoms with Gasteiger partial charge in [-0.1, -0.05) is 11.3 Å². The fourth-order valence-electron chi connectivity index (χ4n) is 1.91. The summed E-state index contributed by atoms with van der Waals surface area (Å²) >= 11 is 1.33. The van der Waals surface area contributed by atoms with Gasteiger partial charge in [0.1, 0.15) is 16.8 Å². The van der Waals surface area contributed by atoms with Gasteiger partial charge in [0.25, 0.3) is 0 Å². The van der Waals surface area contributed by atoms with E-state index in [0.717, 1.165) is 22.5 Å². The molecule has 0 saturated heterocycles. The molecule has 19 heavy (non-hydrogen) atoms. The lowest BCUT2D eigenvalue weighted by atomic mass is 10.3. The molecule has 3 aromatic rings. The summed E-state index contributed by atoms with van der Waals surface area (Å²) in [7, 11) is 2.00. The molecule has 0 aliphatic rings. The van der Waals surface area contributed by atoms with E-state index >= 15 is 0 Å². The molecule has 2 aromatic heterocycles. The van der Waals surface area contributed by atoms with E-state index in [9.17, 15) is 0 Å². The van der Waals surface area contributed by atoms with E-state index in [2.05, 4.69) is 25.9 Å². The van der Waals surface area contributed by atoms with Crippen molar-refractivity contribution in [2.45, 2.75) is 6.92 Å². The Balaban J connectivity index is 1.95. The number of rotatable bonds is 2. The van der Waals surface area contributed by atoms with Crippen LogP contribution in [0.1, 0.15) is 10.7 Å². The van der Waals surface area contributed by atoms with Crippen molar-refractivity contribution in [2.75, 3.05) is 5.32 Å². The van der Waals surface area contributed by atoms with Gasteiger partial charge in [-0.3, -0.25) is 0 Å². The molecule has 1 aromatic carbocycles. The number of anilines is 2. The zero-order chi connectivity index (χ0) is 13.4. The Morgan fingerprint density at radius 1 is 1.42 bits per heavy atom. The normalized spacial score (nSPS) is 10.6. The minimum absolute atomic E-state index is 0.595. The van der Waals surface area contributed by atoms with Crippen LogP contribution in [0.3, 0.4) is 0 Å². The van der Waals surface area contributed by atoms with Crippen molar-refractivity contribution in [3.63, 3.8) is 0 Å². The molecular weight excluding hydrogens is 258 g/mol. The topological polar surface area (TPSA) is 66.5 Å². The van der Waals surface area contributed by atoms with Crippen molar-refractivity contribution in [1.82, 2.24) is 14.5 Å². The van der Waals surface area contributed by atoms with Crippen molar-refractivity contribution in [1.29, 1.82) is 5.26 Å². The fourth-order valence-corrected chi connectivity index (χ4v) is 2.54. The third-order valence-corrected chi connectivity index (χ3v) is 3.79. The fraction of sp³-hybridized carbons (Fsp3) is 0.154. The summed E-state index contributed by atoms with van der Waals surface area (Å²) in [5.41, 5.74) is 2.96. The van der Waals surface area contributed by atoms with Gasteiger partial charge in [0.2, 0.25) is 0 Å². The van der Waals surface area contributed by atoms with Crippen molar-refractivity contribution < 1.29 is 0 Å². The Morgan fingerprint density at radius 3 is 3.00 bits per heavy atom. The zero-order valence-corrected chi connectivity index (χ0v) is 11.3. The predicted octanol–water partition coefficient (Wildman–Crippen LogP) is 2.95. The average Bonchev–Trinajstić information content (AvgIpc) is 2.96. The highest BCUT2D eigenvalue weighted by atomic mass is 32.1. The van der Waals surface area contributed by atoms with Crippen LogP contribution >= 0.6 is 11.3 Å². The van der Waals surface area contributed by atoms with Crippen molar-refractivity contribution >= 4 is 33.2 Å². The summed E-state index contributed by atoms with van der Waals surface area (Å²) in [6.07, 6.45) is 1.57. The van der Waals surface area contributed by atoms with Gasteiger partial charge in [-0.25, -0.2) is 9.97 Å². The van der Waals surface area contributed by atoms with Crippen molar-refractivity contribution in [3.05, 3.63) is 35.1 Å². The standard InChI is InChI=1S/C13H11N5S/c1-8-16-11-5-9(3-4-12(11)18(8)2)17-13-15-7-10(6-14)19-13/h3-5,7H,1-2H3,(H,15,17). The highest BCUT2D eigenvalue weighted by Gasteiger charge is 2.06. The zero-order valence-electron chi connectivity index (χ0n) is 10.5. The number of aryl methyl sites for hydroxylation is 2. The smallest absolute Gasteiger partial charge is 0.188 e. The van der Waals surface area contributed by atoms with Gasteiger partial charge in [-0.05, 0) is 25.1 Å². The second-order valence-electron chi connectivity index (χ2n) is 4.19. The maximum Gasteiger partial charge on any atom is 0.188 e. The maximum absolute atomic E-state index is 8.77. The first kappa shape index (κ1) is 11.7. The van der Waals surface area contributed by atoms with E-state index in [1.54, 1.807) is 6.20 Å². The van der Waals surface area contributed by atoms with Crippen molar-refractivity contribution in [2.24, 2.45) is 7.05 Å². The Morgan fingerprint density at radius 2 is 2.26 bits per heavy atom. The second kappa shape index (κ2) is 4.37. The molecule has 0 fully saturated rings. The highest BCUT2D eigenvalue weighted by Crippen LogP contribution is 2.25. The minimum atomic E-state index is 0.595. The molecule has 6 heteroatoms. The Labute approximate surface area is 114 Å². The molecule has 3 rings (SSSR count). The molecule has 0 unspecified atom stereocenters. The molecule has 0 radical (unpaired) electrons. The van der Waals surface area contributed by atoms with Crippen LogP contribution in [0.2, 0.25) is 0 Å². The molecule has 94 valence electrons. The van der Waals surface area contributed by atoms with Crippen LogP contribution in [0.4, 0.5) is 10.8 Å². The lowest BCUT2D eigenvalue weighted by Crippen LogP contribution is -1.91. The number of hydrogen-bond acceptors (Lipinski definition) is 5. The first-order valence-electron chi connectivity index (χ1n) is 5.73. The van der Waals surface area contributed by atoms with Crippen LogP contribution in [0.5, 0.6) is 0 Å². The SMILES string of the molecule is Cc1nc2cc(Nc3ncc(C#N)s3)ccc2n1C. The molecule has 1 N–H and O–H groups in total. The van der Waals surface area contributed by atoms with Crippen LogP contribution < -0.4 is 5.32 Å². The summed E-state index contributed by atoms with van der Waals surface area (Å²) in [5.74, 6) is 0.980. The lowest BCUT2D eigenvalue weighted by molar-refractivity contribution is 0.886. The largest absolute Gasteiger partial charge is 0.331 e. The van der Waals surface area contributed by atoms with Crippen LogP contribution in [0.15, 0.2) is 24.4 Å². The van der Waals surface area contributed by atoms with Gasteiger partial charge in [-0.15, -0.1) is 0 Å². The van der Waals surface area contributed by atoms with Gasteiger partial charge in [0.15, 0.2) is 5.13 Å². The van der Waals surface area contributed by atoms with E-state index in [0.29, 0.717) is 10.0 Å². The minimum Gasteiger partial charge on any atom is -0.331 e. The lowest BCUT2D eigenvalue weighted by Gasteiger charge is -2.02. The quantitative estimate of drug-likeness (QED) is 0.776. The van der Waals surface area contributed by atoms with Crippen molar-refractivity contribution in [3.8, 4) is 6.07 Å². The third-order valence-electron chi connectivity index (χ3n) is 2.97. The number of benzene rings is 1. The first-order chi connectivity index (χ1) is 9.17. The Bertz CT molecular complexity index is 793. The summed E-state index contributed by atoms with van der Waals surface area (Å²) in [6.45, 7) is 1.98. The molecule has 0 saturated carbocycles. The molecular formula is C13H11N5S. The number of aromatic nitrogens is 3. The molecule has 0 aliphatic heterocycles. The van der Waals surface area contributed by atoms with E-state index in [1.807, 2.05) is 32.2 Å². The highest BCUT2D eigenvalue weighted by molar-refractivity contribution is 7.16. The number of imidazole rings is 1. The van der Waals surface area contributed by atoms with Gasteiger partial charge >= 0.3 is 0 Å². The number of hydrogen-bond donors (Lipinski definition) is 1. The van der Waals surface area contributed by atoms with Crippen LogP contribution in [-0.2, 0) is 7.05 Å². The summed E-state index contributed by atoms with van der Waals surface area (Å²) in [5, 5.41) is 12.7. The average molecular weight is 269 g/mol. The number of thiazole rings is 1. The predicted molar refractivity (Wildman–Crippen MR) is 75.6 cm³/mol. The van der Waals surface area contributed by atoms with E-state index in [1.165, 1.54) is 11.3 Å². The maximum atomic E-state index is 8.77. The molecule has 0 amide bonds. The monoisotopic (exact) mass is 269 g/mol. The second-order valence-corrected chi connectivity index (χ2v) is 5.22. The number of fused-ring (bicyclic) bond motifs is 1. The molecule has 0 spiro atoms. The number of nitrogens with one attached hydrogen (secondary N) is 1.